The Morgan fingerprint density at radius 1 is 0.893 bits per heavy atom. The topological polar surface area (TPSA) is 158 Å². The van der Waals surface area contributed by atoms with Gasteiger partial charge in [-0.05, 0) is 48.2 Å². The molecule has 0 aliphatic rings. The number of anilines is 2. The number of phenols is 2. The van der Waals surface area contributed by atoms with E-state index in [4.69, 9.17) is 11.5 Å². The Balaban J connectivity index is 1.95. The SMILES string of the molecule is CCc1cc(N)c(/C=N/NC(=O)N/N=C/c2cc(O)c(CC)cc2N)cc1O. The van der Waals surface area contributed by atoms with Crippen molar-refractivity contribution in [1.82, 2.24) is 10.9 Å². The van der Waals surface area contributed by atoms with Crippen LogP contribution in [0.4, 0.5) is 16.2 Å². The molecule has 0 saturated heterocycles. The molecule has 0 aromatic heterocycles. The molecule has 0 radical (unpaired) electrons. The van der Waals surface area contributed by atoms with Crippen molar-refractivity contribution >= 4 is 29.8 Å². The van der Waals surface area contributed by atoms with E-state index in [0.29, 0.717) is 35.3 Å². The van der Waals surface area contributed by atoms with Crippen LogP contribution in [-0.2, 0) is 12.8 Å². The molecule has 0 fully saturated rings. The maximum atomic E-state index is 11.7. The van der Waals surface area contributed by atoms with Gasteiger partial charge in [-0.1, -0.05) is 13.8 Å². The fourth-order valence-electron chi connectivity index (χ4n) is 2.47. The first-order valence-electron chi connectivity index (χ1n) is 8.70. The lowest BCUT2D eigenvalue weighted by molar-refractivity contribution is 0.242. The van der Waals surface area contributed by atoms with Gasteiger partial charge in [0, 0.05) is 22.5 Å². The number of hydrazone groups is 2. The summed E-state index contributed by atoms with van der Waals surface area (Å²) < 4.78 is 0. The second-order valence-corrected chi connectivity index (χ2v) is 6.00. The van der Waals surface area contributed by atoms with E-state index in [1.807, 2.05) is 13.8 Å². The molecule has 0 unspecified atom stereocenters. The lowest BCUT2D eigenvalue weighted by Gasteiger charge is -2.06. The largest absolute Gasteiger partial charge is 0.508 e. The summed E-state index contributed by atoms with van der Waals surface area (Å²) in [6, 6.07) is 5.58. The second kappa shape index (κ2) is 9.26. The van der Waals surface area contributed by atoms with Gasteiger partial charge >= 0.3 is 6.03 Å². The summed E-state index contributed by atoms with van der Waals surface area (Å²) >= 11 is 0. The third-order valence-electron chi connectivity index (χ3n) is 4.07. The molecule has 8 N–H and O–H groups in total. The molecule has 0 heterocycles. The van der Waals surface area contributed by atoms with Gasteiger partial charge in [0.1, 0.15) is 11.5 Å². The summed E-state index contributed by atoms with van der Waals surface area (Å²) in [6.45, 7) is 3.81. The van der Waals surface area contributed by atoms with Crippen molar-refractivity contribution in [2.75, 3.05) is 11.5 Å². The van der Waals surface area contributed by atoms with Crippen molar-refractivity contribution in [3.63, 3.8) is 0 Å². The molecular formula is C19H24N6O3. The third kappa shape index (κ3) is 5.13. The third-order valence-corrected chi connectivity index (χ3v) is 4.07. The van der Waals surface area contributed by atoms with E-state index in [-0.39, 0.29) is 11.5 Å². The number of benzene rings is 2. The molecular weight excluding hydrogens is 360 g/mol. The van der Waals surface area contributed by atoms with Gasteiger partial charge in [-0.2, -0.15) is 10.2 Å². The van der Waals surface area contributed by atoms with Crippen molar-refractivity contribution in [2.24, 2.45) is 10.2 Å². The van der Waals surface area contributed by atoms with Gasteiger partial charge in [-0.15, -0.1) is 0 Å². The number of aromatic hydroxyl groups is 2. The van der Waals surface area contributed by atoms with E-state index in [2.05, 4.69) is 21.1 Å². The Bertz CT molecular complexity index is 851. The van der Waals surface area contributed by atoms with Gasteiger partial charge in [0.25, 0.3) is 0 Å². The van der Waals surface area contributed by atoms with E-state index in [1.165, 1.54) is 24.6 Å². The van der Waals surface area contributed by atoms with Crippen molar-refractivity contribution in [3.8, 4) is 11.5 Å². The monoisotopic (exact) mass is 384 g/mol. The zero-order valence-electron chi connectivity index (χ0n) is 15.7. The van der Waals surface area contributed by atoms with Crippen molar-refractivity contribution in [1.29, 1.82) is 0 Å². The van der Waals surface area contributed by atoms with Crippen molar-refractivity contribution in [2.45, 2.75) is 26.7 Å². The number of carbonyl (C=O) groups is 1. The standard InChI is InChI=1S/C19H24N6O3/c1-3-11-5-15(20)13(7-17(11)26)9-22-24-19(28)25-23-10-14-8-18(27)12(4-2)6-16(14)21/h5-10,26-27H,3-4,20-21H2,1-2H3,(H2,24,25,28)/b22-9+,23-10+. The predicted octanol–water partition coefficient (Wildman–Crippen LogP) is 2.05. The van der Waals surface area contributed by atoms with Crippen LogP contribution in [0.2, 0.25) is 0 Å². The first kappa shape index (κ1) is 20.6. The number of hydrogen-bond donors (Lipinski definition) is 6. The summed E-state index contributed by atoms with van der Waals surface area (Å²) in [5, 5.41) is 27.2. The number of hydrogen-bond acceptors (Lipinski definition) is 7. The molecule has 2 aromatic carbocycles. The Morgan fingerprint density at radius 3 is 1.64 bits per heavy atom. The van der Waals surface area contributed by atoms with Crippen LogP contribution < -0.4 is 22.3 Å². The minimum absolute atomic E-state index is 0.113. The molecule has 2 aromatic rings. The van der Waals surface area contributed by atoms with E-state index >= 15 is 0 Å². The summed E-state index contributed by atoms with van der Waals surface area (Å²) in [5.41, 5.74) is 19.5. The fraction of sp³-hybridized carbons (Fsp3) is 0.211. The normalized spacial score (nSPS) is 11.2. The molecule has 0 atom stereocenters. The van der Waals surface area contributed by atoms with Crippen LogP contribution in [0.1, 0.15) is 36.1 Å². The number of urea groups is 1. The summed E-state index contributed by atoms with van der Waals surface area (Å²) in [6.07, 6.45) is 3.93. The molecule has 0 bridgehead atoms. The molecule has 0 aliphatic heterocycles. The van der Waals surface area contributed by atoms with E-state index in [1.54, 1.807) is 12.1 Å². The summed E-state index contributed by atoms with van der Waals surface area (Å²) in [7, 11) is 0. The molecule has 9 heteroatoms. The van der Waals surface area contributed by atoms with Crippen LogP contribution in [0.5, 0.6) is 11.5 Å². The summed E-state index contributed by atoms with van der Waals surface area (Å²) in [4.78, 5) is 11.7. The lowest BCUT2D eigenvalue weighted by Crippen LogP contribution is -2.28. The number of rotatable bonds is 6. The van der Waals surface area contributed by atoms with Crippen LogP contribution in [0.3, 0.4) is 0 Å². The van der Waals surface area contributed by atoms with Gasteiger partial charge in [0.05, 0.1) is 12.4 Å². The van der Waals surface area contributed by atoms with E-state index in [0.717, 1.165) is 11.1 Å². The van der Waals surface area contributed by atoms with Gasteiger partial charge in [-0.3, -0.25) is 0 Å². The highest BCUT2D eigenvalue weighted by atomic mass is 16.3. The lowest BCUT2D eigenvalue weighted by atomic mass is 10.1. The van der Waals surface area contributed by atoms with Gasteiger partial charge in [0.15, 0.2) is 0 Å². The predicted molar refractivity (Wildman–Crippen MR) is 111 cm³/mol. The average molecular weight is 384 g/mol. The van der Waals surface area contributed by atoms with Crippen LogP contribution in [0, 0.1) is 0 Å². The Kier molecular flexibility index (Phi) is 6.80. The van der Waals surface area contributed by atoms with Crippen molar-refractivity contribution < 1.29 is 15.0 Å². The fourth-order valence-corrected chi connectivity index (χ4v) is 2.47. The average Bonchev–Trinajstić information content (AvgIpc) is 2.66. The minimum atomic E-state index is -0.687. The van der Waals surface area contributed by atoms with Crippen LogP contribution in [-0.4, -0.2) is 28.7 Å². The first-order valence-corrected chi connectivity index (χ1v) is 8.70. The van der Waals surface area contributed by atoms with Crippen LogP contribution in [0.25, 0.3) is 0 Å². The maximum absolute atomic E-state index is 11.7. The molecule has 9 nitrogen and oxygen atoms in total. The van der Waals surface area contributed by atoms with E-state index < -0.39 is 6.03 Å². The van der Waals surface area contributed by atoms with Crippen LogP contribution >= 0.6 is 0 Å². The number of phenolic OH excluding ortho intramolecular Hbond substituents is 2. The summed E-state index contributed by atoms with van der Waals surface area (Å²) in [5.74, 6) is 0.226. The first-order chi connectivity index (χ1) is 13.3. The molecule has 28 heavy (non-hydrogen) atoms. The smallest absolute Gasteiger partial charge is 0.355 e. The van der Waals surface area contributed by atoms with Crippen molar-refractivity contribution in [3.05, 3.63) is 46.5 Å². The Labute approximate surface area is 162 Å². The minimum Gasteiger partial charge on any atom is -0.508 e. The number of amides is 2. The highest BCUT2D eigenvalue weighted by molar-refractivity contribution is 5.90. The Morgan fingerprint density at radius 2 is 1.29 bits per heavy atom. The van der Waals surface area contributed by atoms with Gasteiger partial charge in [-0.25, -0.2) is 15.6 Å². The number of aryl methyl sites for hydroxylation is 2. The van der Waals surface area contributed by atoms with Gasteiger partial charge in [0.2, 0.25) is 0 Å². The molecule has 2 amide bonds. The molecule has 0 aliphatic carbocycles. The number of nitrogens with one attached hydrogen (secondary N) is 2. The molecule has 0 spiro atoms. The number of nitrogen functional groups attached to an aromatic ring is 2. The second-order valence-electron chi connectivity index (χ2n) is 6.00. The highest BCUT2D eigenvalue weighted by Crippen LogP contribution is 2.24. The van der Waals surface area contributed by atoms with E-state index in [9.17, 15) is 15.0 Å². The molecule has 0 saturated carbocycles. The number of nitrogens with zero attached hydrogens (tertiary/aromatic N) is 2. The highest BCUT2D eigenvalue weighted by Gasteiger charge is 2.06. The maximum Gasteiger partial charge on any atom is 0.355 e. The quantitative estimate of drug-likeness (QED) is 0.194. The number of nitrogens with two attached hydrogens (primary N) is 2. The van der Waals surface area contributed by atoms with Gasteiger partial charge < -0.3 is 21.7 Å². The molecule has 2 rings (SSSR count). The zero-order valence-corrected chi connectivity index (χ0v) is 15.7. The number of carbonyl (C=O) groups excluding carboxylic acids is 1. The molecule has 148 valence electrons. The Hall–Kier alpha value is -3.75. The van der Waals surface area contributed by atoms with Crippen LogP contribution in [0.15, 0.2) is 34.5 Å². The zero-order chi connectivity index (χ0) is 20.7.